The highest BCUT2D eigenvalue weighted by Crippen LogP contribution is 2.59. The zero-order chi connectivity index (χ0) is 25.4. The Kier molecular flexibility index (Phi) is 7.82. The monoisotopic (exact) mass is 490 g/mol. The van der Waals surface area contributed by atoms with Crippen LogP contribution >= 0.6 is 0 Å². The number of ether oxygens (including phenoxy) is 2. The summed E-state index contributed by atoms with van der Waals surface area (Å²) in [4.78, 5) is 0. The van der Waals surface area contributed by atoms with Gasteiger partial charge in [-0.3, -0.25) is 0 Å². The van der Waals surface area contributed by atoms with E-state index in [1.165, 1.54) is 12.1 Å². The van der Waals surface area contributed by atoms with Crippen molar-refractivity contribution in [3.8, 4) is 5.75 Å². The first-order valence-corrected chi connectivity index (χ1v) is 9.10. The molecule has 0 heterocycles. The van der Waals surface area contributed by atoms with E-state index < -0.39 is 41.9 Å². The number of halogens is 11. The van der Waals surface area contributed by atoms with Gasteiger partial charge in [0.2, 0.25) is 0 Å². The molecule has 1 aromatic carbocycles. The molecule has 32 heavy (non-hydrogen) atoms. The van der Waals surface area contributed by atoms with Gasteiger partial charge >= 0.3 is 29.9 Å². The summed E-state index contributed by atoms with van der Waals surface area (Å²) < 4.78 is 156. The second-order valence-electron chi connectivity index (χ2n) is 7.40. The highest BCUT2D eigenvalue weighted by Gasteiger charge is 2.87. The first-order chi connectivity index (χ1) is 14.2. The van der Waals surface area contributed by atoms with Gasteiger partial charge in [-0.1, -0.05) is 19.1 Å². The van der Waals surface area contributed by atoms with E-state index >= 15 is 0 Å². The quantitative estimate of drug-likeness (QED) is 0.323. The van der Waals surface area contributed by atoms with Gasteiger partial charge in [0.25, 0.3) is 0 Å². The molecule has 2 atom stereocenters. The van der Waals surface area contributed by atoms with Crippen LogP contribution in [-0.2, 0) is 10.3 Å². The molecule has 1 rings (SSSR count). The zero-order valence-corrected chi connectivity index (χ0v) is 17.3. The molecule has 0 saturated heterocycles. The van der Waals surface area contributed by atoms with Gasteiger partial charge in [0.15, 0.2) is 0 Å². The molecule has 0 saturated carbocycles. The smallest absolute Gasteiger partial charge is 0.460 e. The summed E-state index contributed by atoms with van der Waals surface area (Å²) >= 11 is 0. The molecule has 1 aromatic rings. The van der Waals surface area contributed by atoms with Gasteiger partial charge in [-0.2, -0.15) is 48.3 Å². The number of rotatable bonds is 10. The lowest BCUT2D eigenvalue weighted by Gasteiger charge is -2.40. The second kappa shape index (κ2) is 8.86. The molecule has 0 fully saturated rings. The zero-order valence-electron chi connectivity index (χ0n) is 17.3. The van der Waals surface area contributed by atoms with E-state index in [1.54, 1.807) is 13.8 Å². The first kappa shape index (κ1) is 28.2. The Morgan fingerprint density at radius 2 is 1.25 bits per heavy atom. The minimum absolute atomic E-state index is 0.241. The maximum absolute atomic E-state index is 14.2. The molecule has 0 radical (unpaired) electrons. The molecule has 0 amide bonds. The van der Waals surface area contributed by atoms with E-state index in [4.69, 9.17) is 9.47 Å². The highest BCUT2D eigenvalue weighted by molar-refractivity contribution is 5.31. The molecular weight excluding hydrogens is 469 g/mol. The standard InChI is InChI=1S/C19H21F11O2/c1-5-11(2)32-13-8-6-12(7-9-13)14(3,31-4)10-15(20,21)16(22,23)17(24,25)18(26,27)19(28,29)30/h6-9,11H,5,10H2,1-4H3. The van der Waals surface area contributed by atoms with Crippen LogP contribution in [0.25, 0.3) is 0 Å². The molecule has 2 nitrogen and oxygen atoms in total. The SMILES string of the molecule is CCC(C)Oc1ccc(C(C)(CC(F)(F)C(F)(F)C(F)(F)C(F)(F)C(F)(F)F)OC)cc1. The lowest BCUT2D eigenvalue weighted by atomic mass is 9.85. The van der Waals surface area contributed by atoms with Crippen molar-refractivity contribution in [1.82, 2.24) is 0 Å². The van der Waals surface area contributed by atoms with Crippen molar-refractivity contribution in [2.45, 2.75) is 75.2 Å². The maximum atomic E-state index is 14.2. The van der Waals surface area contributed by atoms with Gasteiger partial charge in [-0.05, 0) is 38.0 Å². The predicted octanol–water partition coefficient (Wildman–Crippen LogP) is 7.22. The van der Waals surface area contributed by atoms with Gasteiger partial charge in [-0.25, -0.2) is 0 Å². The molecular formula is C19H21F11O2. The molecule has 0 spiro atoms. The highest BCUT2D eigenvalue weighted by atomic mass is 19.4. The summed E-state index contributed by atoms with van der Waals surface area (Å²) in [5, 5.41) is 0. The van der Waals surface area contributed by atoms with Gasteiger partial charge < -0.3 is 9.47 Å². The van der Waals surface area contributed by atoms with Crippen molar-refractivity contribution in [1.29, 1.82) is 0 Å². The Bertz CT molecular complexity index is 760. The molecule has 2 unspecified atom stereocenters. The summed E-state index contributed by atoms with van der Waals surface area (Å²) in [5.41, 5.74) is -2.73. The molecule has 0 aliphatic carbocycles. The van der Waals surface area contributed by atoms with E-state index in [0.29, 0.717) is 6.42 Å². The van der Waals surface area contributed by atoms with Crippen molar-refractivity contribution in [3.63, 3.8) is 0 Å². The van der Waals surface area contributed by atoms with Crippen molar-refractivity contribution < 1.29 is 57.8 Å². The molecule has 13 heteroatoms. The normalized spacial score (nSPS) is 17.1. The third-order valence-corrected chi connectivity index (χ3v) is 4.99. The van der Waals surface area contributed by atoms with E-state index in [-0.39, 0.29) is 17.4 Å². The van der Waals surface area contributed by atoms with E-state index in [2.05, 4.69) is 0 Å². The van der Waals surface area contributed by atoms with Crippen molar-refractivity contribution >= 4 is 0 Å². The average molecular weight is 490 g/mol. The van der Waals surface area contributed by atoms with Crippen LogP contribution in [0.5, 0.6) is 5.75 Å². The van der Waals surface area contributed by atoms with E-state index in [9.17, 15) is 48.3 Å². The molecule has 0 bridgehead atoms. The number of alkyl halides is 11. The molecule has 186 valence electrons. The summed E-state index contributed by atoms with van der Waals surface area (Å²) in [6.07, 6.45) is -9.17. The number of methoxy groups -OCH3 is 1. The molecule has 0 aliphatic heterocycles. The summed E-state index contributed by atoms with van der Waals surface area (Å²) in [6, 6.07) is 4.64. The van der Waals surface area contributed by atoms with Gasteiger partial charge in [0.1, 0.15) is 5.75 Å². The van der Waals surface area contributed by atoms with Gasteiger partial charge in [0.05, 0.1) is 18.1 Å². The minimum atomic E-state index is -7.45. The Balaban J connectivity index is 3.32. The summed E-state index contributed by atoms with van der Waals surface area (Å²) in [6.45, 7) is 4.29. The third kappa shape index (κ3) is 4.91. The average Bonchev–Trinajstić information content (AvgIpc) is 2.66. The lowest BCUT2D eigenvalue weighted by Crippen LogP contribution is -2.67. The van der Waals surface area contributed by atoms with Crippen LogP contribution < -0.4 is 4.74 Å². The van der Waals surface area contributed by atoms with Crippen LogP contribution in [0.3, 0.4) is 0 Å². The Morgan fingerprint density at radius 1 is 0.781 bits per heavy atom. The summed E-state index contributed by atoms with van der Waals surface area (Å²) in [7, 11) is 0.750. The van der Waals surface area contributed by atoms with Crippen LogP contribution in [-0.4, -0.2) is 43.1 Å². The van der Waals surface area contributed by atoms with Crippen LogP contribution in [0.4, 0.5) is 48.3 Å². The second-order valence-corrected chi connectivity index (χ2v) is 7.40. The number of benzene rings is 1. The van der Waals surface area contributed by atoms with Gasteiger partial charge in [0, 0.05) is 7.11 Å². The lowest BCUT2D eigenvalue weighted by molar-refractivity contribution is -0.424. The van der Waals surface area contributed by atoms with Crippen LogP contribution in [0, 0.1) is 0 Å². The van der Waals surface area contributed by atoms with Crippen LogP contribution in [0.1, 0.15) is 39.2 Å². The Labute approximate surface area is 176 Å². The van der Waals surface area contributed by atoms with Crippen molar-refractivity contribution in [3.05, 3.63) is 29.8 Å². The Hall–Kier alpha value is -1.79. The first-order valence-electron chi connectivity index (χ1n) is 9.10. The van der Waals surface area contributed by atoms with Gasteiger partial charge in [-0.15, -0.1) is 0 Å². The van der Waals surface area contributed by atoms with E-state index in [1.807, 2.05) is 0 Å². The fraction of sp³-hybridized carbons (Fsp3) is 0.684. The molecule has 0 aromatic heterocycles. The predicted molar refractivity (Wildman–Crippen MR) is 91.6 cm³/mol. The van der Waals surface area contributed by atoms with Crippen molar-refractivity contribution in [2.24, 2.45) is 0 Å². The largest absolute Gasteiger partial charge is 0.491 e. The topological polar surface area (TPSA) is 18.5 Å². The van der Waals surface area contributed by atoms with Crippen LogP contribution in [0.2, 0.25) is 0 Å². The fourth-order valence-electron chi connectivity index (χ4n) is 2.63. The number of hydrogen-bond donors (Lipinski definition) is 0. The maximum Gasteiger partial charge on any atom is 0.460 e. The van der Waals surface area contributed by atoms with E-state index in [0.717, 1.165) is 26.2 Å². The fourth-order valence-corrected chi connectivity index (χ4v) is 2.63. The van der Waals surface area contributed by atoms with Crippen LogP contribution in [0.15, 0.2) is 24.3 Å². The summed E-state index contributed by atoms with van der Waals surface area (Å²) in [5.74, 6) is -27.8. The molecule has 0 aliphatic rings. The molecule has 0 N–H and O–H groups in total. The minimum Gasteiger partial charge on any atom is -0.491 e. The van der Waals surface area contributed by atoms with Crippen molar-refractivity contribution in [2.75, 3.05) is 7.11 Å². The third-order valence-electron chi connectivity index (χ3n) is 4.99. The Morgan fingerprint density at radius 3 is 1.62 bits per heavy atom. The number of hydrogen-bond acceptors (Lipinski definition) is 2.